The van der Waals surface area contributed by atoms with Gasteiger partial charge in [0, 0.05) is 5.56 Å². The first-order valence-corrected chi connectivity index (χ1v) is 9.02. The summed E-state index contributed by atoms with van der Waals surface area (Å²) in [5.41, 5.74) is 6.75. The van der Waals surface area contributed by atoms with Crippen LogP contribution in [-0.4, -0.2) is 18.5 Å². The molecular formula is C17H14Cl2N2O4S. The molecule has 0 spiro atoms. The zero-order valence-corrected chi connectivity index (χ0v) is 16.0. The largest absolute Gasteiger partial charge is 0.462 e. The molecule has 0 atom stereocenters. The second-order valence-electron chi connectivity index (χ2n) is 5.07. The zero-order chi connectivity index (χ0) is 19.3. The summed E-state index contributed by atoms with van der Waals surface area (Å²) < 4.78 is 10.2. The number of esters is 2. The van der Waals surface area contributed by atoms with Crippen LogP contribution in [0, 0.1) is 11.3 Å². The molecule has 0 aliphatic rings. The lowest BCUT2D eigenvalue weighted by molar-refractivity contribution is -0.144. The lowest BCUT2D eigenvalue weighted by atomic mass is 10.1. The summed E-state index contributed by atoms with van der Waals surface area (Å²) in [6.45, 7) is 1.58. The lowest BCUT2D eigenvalue weighted by Crippen LogP contribution is -2.11. The number of thiophene rings is 1. The van der Waals surface area contributed by atoms with Crippen molar-refractivity contribution in [3.63, 3.8) is 0 Å². The molecule has 2 rings (SSSR count). The minimum atomic E-state index is -0.610. The van der Waals surface area contributed by atoms with Gasteiger partial charge in [-0.1, -0.05) is 29.3 Å². The van der Waals surface area contributed by atoms with Crippen molar-refractivity contribution in [1.82, 2.24) is 0 Å². The van der Waals surface area contributed by atoms with E-state index in [1.807, 2.05) is 6.07 Å². The van der Waals surface area contributed by atoms with Gasteiger partial charge in [-0.05, 0) is 24.6 Å². The molecule has 136 valence electrons. The van der Waals surface area contributed by atoms with E-state index < -0.39 is 11.9 Å². The van der Waals surface area contributed by atoms with Gasteiger partial charge >= 0.3 is 11.9 Å². The molecule has 2 N–H and O–H groups in total. The highest BCUT2D eigenvalue weighted by molar-refractivity contribution is 7.18. The third-order valence-electron chi connectivity index (χ3n) is 3.32. The van der Waals surface area contributed by atoms with Crippen molar-refractivity contribution in [2.45, 2.75) is 20.0 Å². The van der Waals surface area contributed by atoms with Crippen LogP contribution in [0.2, 0.25) is 10.0 Å². The van der Waals surface area contributed by atoms with Crippen LogP contribution < -0.4 is 5.73 Å². The van der Waals surface area contributed by atoms with Crippen molar-refractivity contribution in [2.24, 2.45) is 0 Å². The normalized spacial score (nSPS) is 10.2. The van der Waals surface area contributed by atoms with Gasteiger partial charge in [-0.25, -0.2) is 4.79 Å². The molecule has 6 nitrogen and oxygen atoms in total. The van der Waals surface area contributed by atoms with E-state index in [1.165, 1.54) is 0 Å². The maximum atomic E-state index is 12.1. The third kappa shape index (κ3) is 4.67. The summed E-state index contributed by atoms with van der Waals surface area (Å²) >= 11 is 12.7. The Labute approximate surface area is 164 Å². The van der Waals surface area contributed by atoms with Crippen molar-refractivity contribution < 1.29 is 19.1 Å². The van der Waals surface area contributed by atoms with Crippen LogP contribution in [0.5, 0.6) is 0 Å². The summed E-state index contributed by atoms with van der Waals surface area (Å²) in [6.07, 6.45) is -0.0346. The maximum absolute atomic E-state index is 12.1. The molecule has 26 heavy (non-hydrogen) atoms. The highest BCUT2D eigenvalue weighted by atomic mass is 35.5. The van der Waals surface area contributed by atoms with Crippen molar-refractivity contribution in [1.29, 1.82) is 5.26 Å². The molecule has 1 heterocycles. The second kappa shape index (κ2) is 8.90. The quantitative estimate of drug-likeness (QED) is 0.719. The summed E-state index contributed by atoms with van der Waals surface area (Å²) in [6, 6.07) is 6.73. The number of nitrogens with two attached hydrogens (primary N) is 1. The number of nitrogens with zero attached hydrogens (tertiary/aromatic N) is 1. The van der Waals surface area contributed by atoms with Gasteiger partial charge in [0.1, 0.15) is 22.6 Å². The van der Waals surface area contributed by atoms with E-state index in [9.17, 15) is 14.9 Å². The Bertz CT molecular complexity index is 890. The Morgan fingerprint density at radius 3 is 2.62 bits per heavy atom. The van der Waals surface area contributed by atoms with Gasteiger partial charge < -0.3 is 15.2 Å². The minimum Gasteiger partial charge on any atom is -0.462 e. The first-order valence-electron chi connectivity index (χ1n) is 7.45. The molecule has 0 unspecified atom stereocenters. The number of hydrogen-bond donors (Lipinski definition) is 1. The summed E-state index contributed by atoms with van der Waals surface area (Å²) in [5.74, 6) is -1.16. The number of benzene rings is 1. The number of anilines is 1. The van der Waals surface area contributed by atoms with Crippen molar-refractivity contribution in [3.05, 3.63) is 49.8 Å². The predicted molar refractivity (Wildman–Crippen MR) is 99.4 cm³/mol. The topological polar surface area (TPSA) is 102 Å². The van der Waals surface area contributed by atoms with Gasteiger partial charge in [-0.2, -0.15) is 5.26 Å². The Morgan fingerprint density at radius 1 is 1.27 bits per heavy atom. The van der Waals surface area contributed by atoms with Gasteiger partial charge in [-0.3, -0.25) is 4.79 Å². The molecule has 1 aromatic carbocycles. The van der Waals surface area contributed by atoms with Crippen LogP contribution in [0.1, 0.15) is 33.3 Å². The molecule has 9 heteroatoms. The fourth-order valence-electron chi connectivity index (χ4n) is 2.13. The molecule has 0 bridgehead atoms. The maximum Gasteiger partial charge on any atom is 0.348 e. The number of ether oxygens (including phenoxy) is 2. The van der Waals surface area contributed by atoms with Crippen molar-refractivity contribution >= 4 is 51.5 Å². The summed E-state index contributed by atoms with van der Waals surface area (Å²) in [7, 11) is 0. The first-order chi connectivity index (χ1) is 12.4. The standard InChI is InChI=1S/C17H14Cl2N2O4S/c1-2-24-17(23)15-11(10(7-20)16(21)26-15)8-25-14(22)6-9-3-4-12(18)13(19)5-9/h3-5H,2,6,8,21H2,1H3. The molecule has 2 aromatic rings. The number of hydrogen-bond acceptors (Lipinski definition) is 7. The summed E-state index contributed by atoms with van der Waals surface area (Å²) in [4.78, 5) is 24.2. The number of nitriles is 1. The van der Waals surface area contributed by atoms with Crippen molar-refractivity contribution in [2.75, 3.05) is 12.3 Å². The molecule has 0 amide bonds. The molecule has 0 saturated carbocycles. The third-order valence-corrected chi connectivity index (χ3v) is 5.10. The first kappa shape index (κ1) is 20.0. The molecule has 0 saturated heterocycles. The van der Waals surface area contributed by atoms with E-state index in [1.54, 1.807) is 25.1 Å². The van der Waals surface area contributed by atoms with Crippen LogP contribution >= 0.6 is 34.5 Å². The Kier molecular flexibility index (Phi) is 6.86. The van der Waals surface area contributed by atoms with Crippen molar-refractivity contribution in [3.8, 4) is 6.07 Å². The Balaban J connectivity index is 2.12. The van der Waals surface area contributed by atoms with Crippen LogP contribution in [0.4, 0.5) is 5.00 Å². The fraction of sp³-hybridized carbons (Fsp3) is 0.235. The minimum absolute atomic E-state index is 0.0346. The SMILES string of the molecule is CCOC(=O)c1sc(N)c(C#N)c1COC(=O)Cc1ccc(Cl)c(Cl)c1. The molecular weight excluding hydrogens is 399 g/mol. The number of halogens is 2. The van der Waals surface area contributed by atoms with E-state index >= 15 is 0 Å². The second-order valence-corrected chi connectivity index (χ2v) is 6.93. The number of nitrogen functional groups attached to an aromatic ring is 1. The van der Waals surface area contributed by atoms with E-state index in [0.29, 0.717) is 15.6 Å². The zero-order valence-electron chi connectivity index (χ0n) is 13.7. The average molecular weight is 413 g/mol. The Morgan fingerprint density at radius 2 is 2.00 bits per heavy atom. The highest BCUT2D eigenvalue weighted by Crippen LogP contribution is 2.32. The number of carbonyl (C=O) groups excluding carboxylic acids is 2. The fourth-order valence-corrected chi connectivity index (χ4v) is 3.36. The van der Waals surface area contributed by atoms with Gasteiger partial charge in [0.15, 0.2) is 0 Å². The molecule has 0 fully saturated rings. The van der Waals surface area contributed by atoms with E-state index in [0.717, 1.165) is 11.3 Å². The smallest absolute Gasteiger partial charge is 0.348 e. The highest BCUT2D eigenvalue weighted by Gasteiger charge is 2.23. The van der Waals surface area contributed by atoms with Gasteiger partial charge in [0.25, 0.3) is 0 Å². The molecule has 0 aliphatic carbocycles. The molecule has 1 aromatic heterocycles. The van der Waals surface area contributed by atoms with Gasteiger partial charge in [0.05, 0.1) is 28.6 Å². The number of carbonyl (C=O) groups is 2. The predicted octanol–water partition coefficient (Wildman–Crippen LogP) is 3.97. The van der Waals surface area contributed by atoms with E-state index in [-0.39, 0.29) is 40.6 Å². The van der Waals surface area contributed by atoms with Crippen LogP contribution in [0.15, 0.2) is 18.2 Å². The monoisotopic (exact) mass is 412 g/mol. The van der Waals surface area contributed by atoms with Gasteiger partial charge in [-0.15, -0.1) is 11.3 Å². The molecule has 0 aliphatic heterocycles. The van der Waals surface area contributed by atoms with Gasteiger partial charge in [0.2, 0.25) is 0 Å². The van der Waals surface area contributed by atoms with Crippen LogP contribution in [-0.2, 0) is 27.3 Å². The van der Waals surface area contributed by atoms with E-state index in [2.05, 4.69) is 0 Å². The molecule has 0 radical (unpaired) electrons. The Hall–Kier alpha value is -2.27. The van der Waals surface area contributed by atoms with Crippen LogP contribution in [0.3, 0.4) is 0 Å². The van der Waals surface area contributed by atoms with E-state index in [4.69, 9.17) is 38.4 Å². The lowest BCUT2D eigenvalue weighted by Gasteiger charge is -2.07. The summed E-state index contributed by atoms with van der Waals surface area (Å²) in [5, 5.41) is 10.1. The number of rotatable bonds is 6. The average Bonchev–Trinajstić information content (AvgIpc) is 2.92. The van der Waals surface area contributed by atoms with Crippen LogP contribution in [0.25, 0.3) is 0 Å².